The normalized spacial score (nSPS) is 16.5. The Morgan fingerprint density at radius 1 is 1.50 bits per heavy atom. The molecule has 22 heavy (non-hydrogen) atoms. The van der Waals surface area contributed by atoms with Crippen LogP contribution in [0, 0.1) is 15.9 Å². The number of ether oxygens (including phenoxy) is 1. The first kappa shape index (κ1) is 14.5. The Balaban J connectivity index is 1.97. The Hall–Kier alpha value is -2.48. The summed E-state index contributed by atoms with van der Waals surface area (Å²) >= 11 is 5.70. The van der Waals surface area contributed by atoms with Crippen LogP contribution >= 0.6 is 11.6 Å². The van der Waals surface area contributed by atoms with E-state index in [-0.39, 0.29) is 35.2 Å². The van der Waals surface area contributed by atoms with E-state index in [1.807, 2.05) is 0 Å². The van der Waals surface area contributed by atoms with E-state index in [9.17, 15) is 14.5 Å². The second-order valence-corrected chi connectivity index (χ2v) is 4.96. The fraction of sp³-hybridized carbons (Fsp3) is 0.231. The Kier molecular flexibility index (Phi) is 3.76. The van der Waals surface area contributed by atoms with Crippen molar-refractivity contribution in [3.8, 4) is 5.75 Å². The number of halogens is 2. The van der Waals surface area contributed by atoms with Gasteiger partial charge in [0.1, 0.15) is 6.20 Å². The third kappa shape index (κ3) is 2.64. The molecule has 3 rings (SSSR count). The molecule has 0 saturated heterocycles. The van der Waals surface area contributed by atoms with Gasteiger partial charge in [-0.1, -0.05) is 12.1 Å². The number of aromatic nitrogens is 2. The van der Waals surface area contributed by atoms with Gasteiger partial charge in [-0.25, -0.2) is 9.37 Å². The van der Waals surface area contributed by atoms with E-state index >= 15 is 0 Å². The summed E-state index contributed by atoms with van der Waals surface area (Å²) in [6, 6.07) is 4.18. The monoisotopic (exact) mass is 324 g/mol. The molecule has 1 N–H and O–H groups in total. The second kappa shape index (κ2) is 5.72. The number of benzene rings is 1. The van der Waals surface area contributed by atoms with Crippen molar-refractivity contribution >= 4 is 23.1 Å². The Labute approximate surface area is 129 Å². The molecule has 1 aromatic heterocycles. The molecular weight excluding hydrogens is 315 g/mol. The number of para-hydroxylation sites is 1. The lowest BCUT2D eigenvalue weighted by Crippen LogP contribution is -2.22. The minimum Gasteiger partial charge on any atom is -0.490 e. The summed E-state index contributed by atoms with van der Waals surface area (Å²) in [6.45, 7) is 0.290. The number of nitrogens with zero attached hydrogens (tertiary/aromatic N) is 3. The SMILES string of the molecule is O=[N+]([O-])c1cnc(Cl)nc1NC1CCOc2c(F)cccc21. The highest BCUT2D eigenvalue weighted by molar-refractivity contribution is 6.28. The largest absolute Gasteiger partial charge is 0.490 e. The standard InChI is InChI=1S/C13H10ClFN4O3/c14-13-16-6-10(19(20)21)12(18-13)17-9-4-5-22-11-7(9)2-1-3-8(11)15/h1-3,6,9H,4-5H2,(H,16,17,18). The average Bonchev–Trinajstić information content (AvgIpc) is 2.48. The van der Waals surface area contributed by atoms with Gasteiger partial charge in [0, 0.05) is 12.0 Å². The van der Waals surface area contributed by atoms with E-state index in [0.29, 0.717) is 12.0 Å². The van der Waals surface area contributed by atoms with Crippen LogP contribution in [0.5, 0.6) is 5.75 Å². The molecule has 2 heterocycles. The number of hydrogen-bond acceptors (Lipinski definition) is 6. The van der Waals surface area contributed by atoms with Gasteiger partial charge in [-0.05, 0) is 17.7 Å². The summed E-state index contributed by atoms with van der Waals surface area (Å²) in [5.74, 6) is -0.333. The molecule has 7 nitrogen and oxygen atoms in total. The molecule has 0 radical (unpaired) electrons. The van der Waals surface area contributed by atoms with Crippen LogP contribution < -0.4 is 10.1 Å². The van der Waals surface area contributed by atoms with Gasteiger partial charge in [0.25, 0.3) is 0 Å². The summed E-state index contributed by atoms with van der Waals surface area (Å²) < 4.78 is 19.1. The third-order valence-corrected chi connectivity index (χ3v) is 3.46. The molecule has 0 fully saturated rings. The molecule has 0 amide bonds. The molecular formula is C13H10ClFN4O3. The van der Waals surface area contributed by atoms with Gasteiger partial charge in [0.05, 0.1) is 17.6 Å². The van der Waals surface area contributed by atoms with E-state index in [4.69, 9.17) is 16.3 Å². The number of anilines is 1. The van der Waals surface area contributed by atoms with Crippen molar-refractivity contribution in [2.45, 2.75) is 12.5 Å². The van der Waals surface area contributed by atoms with Crippen LogP contribution in [-0.4, -0.2) is 21.5 Å². The summed E-state index contributed by atoms with van der Waals surface area (Å²) in [7, 11) is 0. The van der Waals surface area contributed by atoms with Crippen LogP contribution in [0.2, 0.25) is 5.28 Å². The zero-order valence-electron chi connectivity index (χ0n) is 11.1. The van der Waals surface area contributed by atoms with Crippen molar-refractivity contribution in [2.75, 3.05) is 11.9 Å². The maximum atomic E-state index is 13.7. The molecule has 1 atom stereocenters. The number of nitrogens with one attached hydrogen (secondary N) is 1. The molecule has 1 aliphatic rings. The molecule has 2 aromatic rings. The topological polar surface area (TPSA) is 90.2 Å². The zero-order valence-corrected chi connectivity index (χ0v) is 11.9. The van der Waals surface area contributed by atoms with Gasteiger partial charge in [0.2, 0.25) is 11.1 Å². The summed E-state index contributed by atoms with van der Waals surface area (Å²) in [4.78, 5) is 17.9. The van der Waals surface area contributed by atoms with Gasteiger partial charge >= 0.3 is 5.69 Å². The van der Waals surface area contributed by atoms with E-state index in [0.717, 1.165) is 6.20 Å². The van der Waals surface area contributed by atoms with E-state index in [2.05, 4.69) is 15.3 Å². The maximum absolute atomic E-state index is 13.7. The highest BCUT2D eigenvalue weighted by Crippen LogP contribution is 2.37. The first-order valence-corrected chi connectivity index (χ1v) is 6.78. The fourth-order valence-electron chi connectivity index (χ4n) is 2.30. The lowest BCUT2D eigenvalue weighted by atomic mass is 10.0. The van der Waals surface area contributed by atoms with E-state index in [1.165, 1.54) is 6.07 Å². The summed E-state index contributed by atoms with van der Waals surface area (Å²) in [6.07, 6.45) is 1.54. The van der Waals surface area contributed by atoms with Gasteiger partial charge < -0.3 is 10.1 Å². The van der Waals surface area contributed by atoms with Crippen LogP contribution in [0.3, 0.4) is 0 Å². The van der Waals surface area contributed by atoms with Crippen LogP contribution in [0.1, 0.15) is 18.0 Å². The van der Waals surface area contributed by atoms with E-state index < -0.39 is 10.7 Å². The number of nitro groups is 1. The molecule has 1 unspecified atom stereocenters. The van der Waals surface area contributed by atoms with Crippen molar-refractivity contribution in [1.29, 1.82) is 0 Å². The molecule has 1 aromatic carbocycles. The van der Waals surface area contributed by atoms with Crippen LogP contribution in [0.25, 0.3) is 0 Å². The predicted octanol–water partition coefficient (Wildman–Crippen LogP) is 3.11. The second-order valence-electron chi connectivity index (χ2n) is 4.62. The van der Waals surface area contributed by atoms with Gasteiger partial charge in [0.15, 0.2) is 11.6 Å². The number of rotatable bonds is 3. The lowest BCUT2D eigenvalue weighted by Gasteiger charge is -2.27. The first-order chi connectivity index (χ1) is 10.6. The average molecular weight is 325 g/mol. The minimum absolute atomic E-state index is 0.00730. The summed E-state index contributed by atoms with van der Waals surface area (Å²) in [5.41, 5.74) is 0.282. The Morgan fingerprint density at radius 3 is 3.09 bits per heavy atom. The molecule has 0 bridgehead atoms. The Bertz CT molecular complexity index is 743. The molecule has 0 aliphatic carbocycles. The summed E-state index contributed by atoms with van der Waals surface area (Å²) in [5, 5.41) is 13.9. The van der Waals surface area contributed by atoms with Crippen molar-refractivity contribution in [2.24, 2.45) is 0 Å². The maximum Gasteiger partial charge on any atom is 0.329 e. The van der Waals surface area contributed by atoms with Crippen molar-refractivity contribution < 1.29 is 14.1 Å². The Morgan fingerprint density at radius 2 is 2.32 bits per heavy atom. The first-order valence-electron chi connectivity index (χ1n) is 6.41. The molecule has 114 valence electrons. The smallest absolute Gasteiger partial charge is 0.329 e. The van der Waals surface area contributed by atoms with Crippen LogP contribution in [-0.2, 0) is 0 Å². The highest BCUT2D eigenvalue weighted by Gasteiger charge is 2.27. The highest BCUT2D eigenvalue weighted by atomic mass is 35.5. The van der Waals surface area contributed by atoms with Crippen molar-refractivity contribution in [3.63, 3.8) is 0 Å². The van der Waals surface area contributed by atoms with Crippen LogP contribution in [0.4, 0.5) is 15.9 Å². The molecule has 1 aliphatic heterocycles. The number of hydrogen-bond donors (Lipinski definition) is 1. The van der Waals surface area contributed by atoms with Crippen molar-refractivity contribution in [1.82, 2.24) is 9.97 Å². The quantitative estimate of drug-likeness (QED) is 0.530. The fourth-order valence-corrected chi connectivity index (χ4v) is 2.43. The van der Waals surface area contributed by atoms with Crippen LogP contribution in [0.15, 0.2) is 24.4 Å². The number of fused-ring (bicyclic) bond motifs is 1. The van der Waals surface area contributed by atoms with Crippen molar-refractivity contribution in [3.05, 3.63) is 51.2 Å². The molecule has 0 spiro atoms. The molecule has 9 heteroatoms. The van der Waals surface area contributed by atoms with Gasteiger partial charge in [-0.2, -0.15) is 4.98 Å². The third-order valence-electron chi connectivity index (χ3n) is 3.27. The zero-order chi connectivity index (χ0) is 15.7. The minimum atomic E-state index is -0.607. The van der Waals surface area contributed by atoms with E-state index in [1.54, 1.807) is 12.1 Å². The lowest BCUT2D eigenvalue weighted by molar-refractivity contribution is -0.384. The van der Waals surface area contributed by atoms with Gasteiger partial charge in [-0.15, -0.1) is 0 Å². The predicted molar refractivity (Wildman–Crippen MR) is 76.6 cm³/mol. The molecule has 0 saturated carbocycles. The van der Waals surface area contributed by atoms with Gasteiger partial charge in [-0.3, -0.25) is 10.1 Å².